The van der Waals surface area contributed by atoms with Crippen molar-refractivity contribution in [2.75, 3.05) is 25.7 Å². The Kier molecular flexibility index (Phi) is 5.49. The first-order valence-electron chi connectivity index (χ1n) is 6.52. The van der Waals surface area contributed by atoms with Gasteiger partial charge in [0.25, 0.3) is 0 Å². The van der Waals surface area contributed by atoms with Gasteiger partial charge in [-0.25, -0.2) is 0 Å². The molecule has 0 radical (unpaired) electrons. The molecule has 0 aliphatic carbocycles. The molecule has 2 rings (SSSR count). The minimum Gasteiger partial charge on any atom is -0.496 e. The van der Waals surface area contributed by atoms with E-state index in [0.29, 0.717) is 4.58 Å². The first-order chi connectivity index (χ1) is 9.72. The molecule has 0 amide bonds. The van der Waals surface area contributed by atoms with E-state index in [0.717, 1.165) is 22.6 Å². The highest BCUT2D eigenvalue weighted by Gasteiger charge is 2.26. The lowest BCUT2D eigenvalue weighted by Gasteiger charge is -2.26. The van der Waals surface area contributed by atoms with E-state index in [1.807, 2.05) is 35.7 Å². The summed E-state index contributed by atoms with van der Waals surface area (Å²) < 4.78 is 11.5. The van der Waals surface area contributed by atoms with Crippen molar-refractivity contribution in [1.82, 2.24) is 0 Å². The zero-order valence-corrected chi connectivity index (χ0v) is 13.6. The van der Waals surface area contributed by atoms with Crippen LogP contribution in [0.4, 0.5) is 0 Å². The number of rotatable bonds is 5. The number of ether oxygens (including phenoxy) is 2. The second kappa shape index (κ2) is 7.14. The highest BCUT2D eigenvalue weighted by atomic mass is 32.2. The number of allylic oxidation sites excluding steroid dienone is 2. The fourth-order valence-corrected chi connectivity index (χ4v) is 5.25. The molecule has 0 aromatic heterocycles. The van der Waals surface area contributed by atoms with Gasteiger partial charge in [0.1, 0.15) is 11.5 Å². The maximum atomic E-state index is 5.58. The van der Waals surface area contributed by atoms with Crippen LogP contribution in [0.2, 0.25) is 0 Å². The highest BCUT2D eigenvalue weighted by Crippen LogP contribution is 2.51. The van der Waals surface area contributed by atoms with Gasteiger partial charge in [-0.3, -0.25) is 0 Å². The molecule has 0 spiro atoms. The Morgan fingerprint density at radius 1 is 1.20 bits per heavy atom. The van der Waals surface area contributed by atoms with Crippen molar-refractivity contribution in [2.24, 2.45) is 0 Å². The van der Waals surface area contributed by atoms with Crippen LogP contribution in [0.25, 0.3) is 5.57 Å². The Morgan fingerprint density at radius 3 is 2.35 bits per heavy atom. The minimum absolute atomic E-state index is 0.362. The summed E-state index contributed by atoms with van der Waals surface area (Å²) in [6.45, 7) is 7.96. The number of hydrogen-bond donors (Lipinski definition) is 0. The molecule has 0 N–H and O–H groups in total. The third-order valence-corrected chi connectivity index (χ3v) is 6.18. The second-order valence-electron chi connectivity index (χ2n) is 4.42. The molecule has 108 valence electrons. The van der Waals surface area contributed by atoms with E-state index >= 15 is 0 Å². The minimum atomic E-state index is 0.362. The number of methoxy groups -OCH3 is 2. The summed E-state index contributed by atoms with van der Waals surface area (Å²) in [6.07, 6.45) is 3.04. The Labute approximate surface area is 129 Å². The highest BCUT2D eigenvalue weighted by molar-refractivity contribution is 8.16. The molecule has 1 aliphatic rings. The fraction of sp³-hybridized carbons (Fsp3) is 0.375. The summed E-state index contributed by atoms with van der Waals surface area (Å²) >= 11 is 3.92. The summed E-state index contributed by atoms with van der Waals surface area (Å²) in [5, 5.41) is 0. The smallest absolute Gasteiger partial charge is 0.127 e. The third-order valence-electron chi connectivity index (χ3n) is 3.24. The van der Waals surface area contributed by atoms with E-state index in [1.54, 1.807) is 20.3 Å². The molecule has 0 unspecified atom stereocenters. The molecule has 1 saturated heterocycles. The average molecular weight is 308 g/mol. The van der Waals surface area contributed by atoms with Crippen LogP contribution in [0, 0.1) is 0 Å². The SMILES string of the molecule is C=CC(=C)c1c(OC)ccc(OC)c1C1SCCCS1. The van der Waals surface area contributed by atoms with Gasteiger partial charge in [0.05, 0.1) is 18.8 Å². The van der Waals surface area contributed by atoms with Crippen LogP contribution in [0.1, 0.15) is 22.1 Å². The molecule has 0 bridgehead atoms. The molecule has 1 aliphatic heterocycles. The van der Waals surface area contributed by atoms with Crippen molar-refractivity contribution in [3.05, 3.63) is 42.5 Å². The van der Waals surface area contributed by atoms with Crippen molar-refractivity contribution in [2.45, 2.75) is 11.0 Å². The summed E-state index contributed by atoms with van der Waals surface area (Å²) in [4.78, 5) is 0. The Balaban J connectivity index is 2.59. The molecule has 0 saturated carbocycles. The maximum Gasteiger partial charge on any atom is 0.127 e. The molecule has 1 aromatic rings. The number of thioether (sulfide) groups is 2. The lowest BCUT2D eigenvalue weighted by molar-refractivity contribution is 0.399. The van der Waals surface area contributed by atoms with E-state index in [4.69, 9.17) is 9.47 Å². The monoisotopic (exact) mass is 308 g/mol. The average Bonchev–Trinajstić information content (AvgIpc) is 2.53. The van der Waals surface area contributed by atoms with Crippen molar-refractivity contribution >= 4 is 29.1 Å². The Bertz CT molecular complexity index is 505. The van der Waals surface area contributed by atoms with E-state index in [-0.39, 0.29) is 0 Å². The third kappa shape index (κ3) is 3.01. The predicted molar refractivity (Wildman–Crippen MR) is 91.1 cm³/mol. The standard InChI is InChI=1S/C16H20O2S2/c1-5-11(2)14-12(17-3)7-8-13(18-4)15(14)16-19-9-6-10-20-16/h5,7-8,16H,1-2,6,9-10H2,3-4H3. The summed E-state index contributed by atoms with van der Waals surface area (Å²) in [6, 6.07) is 3.91. The second-order valence-corrected chi connectivity index (χ2v) is 7.14. The van der Waals surface area contributed by atoms with Crippen LogP contribution in [0.5, 0.6) is 11.5 Å². The van der Waals surface area contributed by atoms with Gasteiger partial charge in [-0.2, -0.15) is 0 Å². The van der Waals surface area contributed by atoms with Gasteiger partial charge in [-0.05, 0) is 35.6 Å². The normalized spacial score (nSPS) is 15.7. The summed E-state index contributed by atoms with van der Waals surface area (Å²) in [7, 11) is 3.40. The van der Waals surface area contributed by atoms with Crippen LogP contribution >= 0.6 is 23.5 Å². The molecule has 2 nitrogen and oxygen atoms in total. The van der Waals surface area contributed by atoms with Crippen LogP contribution in [0.15, 0.2) is 31.4 Å². The molecular formula is C16H20O2S2. The summed E-state index contributed by atoms with van der Waals surface area (Å²) in [5.41, 5.74) is 3.07. The Hall–Kier alpha value is -1.000. The molecule has 20 heavy (non-hydrogen) atoms. The van der Waals surface area contributed by atoms with Crippen LogP contribution < -0.4 is 9.47 Å². The van der Waals surface area contributed by atoms with Gasteiger partial charge >= 0.3 is 0 Å². The van der Waals surface area contributed by atoms with E-state index in [1.165, 1.54) is 23.5 Å². The largest absolute Gasteiger partial charge is 0.496 e. The van der Waals surface area contributed by atoms with Crippen LogP contribution in [-0.2, 0) is 0 Å². The molecule has 4 heteroatoms. The topological polar surface area (TPSA) is 18.5 Å². The maximum absolute atomic E-state index is 5.58. The lowest BCUT2D eigenvalue weighted by Crippen LogP contribution is -2.06. The molecular weight excluding hydrogens is 288 g/mol. The van der Waals surface area contributed by atoms with Crippen LogP contribution in [-0.4, -0.2) is 25.7 Å². The number of hydrogen-bond acceptors (Lipinski definition) is 4. The lowest BCUT2D eigenvalue weighted by atomic mass is 9.99. The molecule has 1 aromatic carbocycles. The van der Waals surface area contributed by atoms with E-state index in [2.05, 4.69) is 13.2 Å². The van der Waals surface area contributed by atoms with Gasteiger partial charge in [0.15, 0.2) is 0 Å². The number of benzene rings is 1. The van der Waals surface area contributed by atoms with Gasteiger partial charge < -0.3 is 9.47 Å². The predicted octanol–water partition coefficient (Wildman–Crippen LogP) is 4.77. The Morgan fingerprint density at radius 2 is 1.80 bits per heavy atom. The first-order valence-corrected chi connectivity index (χ1v) is 8.62. The van der Waals surface area contributed by atoms with Gasteiger partial charge in [0.2, 0.25) is 0 Å². The zero-order chi connectivity index (χ0) is 14.5. The van der Waals surface area contributed by atoms with E-state index < -0.39 is 0 Å². The zero-order valence-electron chi connectivity index (χ0n) is 12.0. The van der Waals surface area contributed by atoms with Gasteiger partial charge in [0, 0.05) is 11.1 Å². The van der Waals surface area contributed by atoms with Crippen molar-refractivity contribution < 1.29 is 9.47 Å². The van der Waals surface area contributed by atoms with Gasteiger partial charge in [-0.1, -0.05) is 19.2 Å². The van der Waals surface area contributed by atoms with Crippen molar-refractivity contribution in [3.63, 3.8) is 0 Å². The van der Waals surface area contributed by atoms with Crippen LogP contribution in [0.3, 0.4) is 0 Å². The first kappa shape index (κ1) is 15.4. The van der Waals surface area contributed by atoms with Gasteiger partial charge in [-0.15, -0.1) is 23.5 Å². The molecule has 1 fully saturated rings. The quantitative estimate of drug-likeness (QED) is 0.729. The summed E-state index contributed by atoms with van der Waals surface area (Å²) in [5.74, 6) is 4.09. The van der Waals surface area contributed by atoms with Crippen molar-refractivity contribution in [3.8, 4) is 11.5 Å². The van der Waals surface area contributed by atoms with Crippen molar-refractivity contribution in [1.29, 1.82) is 0 Å². The molecule has 0 atom stereocenters. The molecule has 1 heterocycles. The fourth-order valence-electron chi connectivity index (χ4n) is 2.25. The van der Waals surface area contributed by atoms with E-state index in [9.17, 15) is 0 Å².